The minimum atomic E-state index is 0.121. The molecule has 0 aliphatic rings. The number of hydrogen-bond acceptors (Lipinski definition) is 3. The van der Waals surface area contributed by atoms with E-state index >= 15 is 0 Å². The molecule has 0 rings (SSSR count). The SMILES string of the molecule is C=N[C@H](C/N=C\C)N(C)C. The number of likely N-dealkylation sites (N-methyl/N-ethyl adjacent to an activating group) is 1. The van der Waals surface area contributed by atoms with Gasteiger partial charge in [-0.25, -0.2) is 0 Å². The van der Waals surface area contributed by atoms with E-state index in [1.165, 1.54) is 0 Å². The molecule has 58 valence electrons. The smallest absolute Gasteiger partial charge is 0.120 e. The Morgan fingerprint density at radius 1 is 1.60 bits per heavy atom. The summed E-state index contributed by atoms with van der Waals surface area (Å²) in [6.07, 6.45) is 1.90. The van der Waals surface area contributed by atoms with Crippen molar-refractivity contribution in [2.24, 2.45) is 9.98 Å². The Bertz CT molecular complexity index is 118. The number of hydrogen-bond donors (Lipinski definition) is 0. The van der Waals surface area contributed by atoms with E-state index < -0.39 is 0 Å². The fourth-order valence-corrected chi connectivity index (χ4v) is 0.584. The summed E-state index contributed by atoms with van der Waals surface area (Å²) < 4.78 is 0. The van der Waals surface area contributed by atoms with Crippen LogP contribution in [0.25, 0.3) is 0 Å². The summed E-state index contributed by atoms with van der Waals surface area (Å²) in [7, 11) is 3.93. The van der Waals surface area contributed by atoms with Gasteiger partial charge in [0.05, 0.1) is 6.54 Å². The molecule has 0 aromatic carbocycles. The molecule has 0 aliphatic carbocycles. The van der Waals surface area contributed by atoms with Crippen LogP contribution >= 0.6 is 0 Å². The molecule has 0 fully saturated rings. The van der Waals surface area contributed by atoms with Crippen molar-refractivity contribution in [3.8, 4) is 0 Å². The van der Waals surface area contributed by atoms with Crippen molar-refractivity contribution in [3.63, 3.8) is 0 Å². The van der Waals surface area contributed by atoms with E-state index in [0.29, 0.717) is 6.54 Å². The van der Waals surface area contributed by atoms with Crippen molar-refractivity contribution < 1.29 is 0 Å². The van der Waals surface area contributed by atoms with E-state index in [4.69, 9.17) is 0 Å². The zero-order valence-corrected chi connectivity index (χ0v) is 6.91. The molecule has 0 aliphatic heterocycles. The maximum absolute atomic E-state index is 4.06. The minimum Gasteiger partial charge on any atom is -0.294 e. The van der Waals surface area contributed by atoms with Crippen LogP contribution in [0.4, 0.5) is 0 Å². The first-order valence-electron chi connectivity index (χ1n) is 3.29. The maximum atomic E-state index is 4.06. The van der Waals surface area contributed by atoms with Crippen LogP contribution in [0.2, 0.25) is 0 Å². The van der Waals surface area contributed by atoms with Gasteiger partial charge in [0.25, 0.3) is 0 Å². The molecule has 0 spiro atoms. The van der Waals surface area contributed by atoms with E-state index in [1.807, 2.05) is 25.9 Å². The number of nitrogens with zero attached hydrogens (tertiary/aromatic N) is 3. The fraction of sp³-hybridized carbons (Fsp3) is 0.714. The Kier molecular flexibility index (Phi) is 4.76. The molecule has 0 bridgehead atoms. The van der Waals surface area contributed by atoms with Crippen LogP contribution in [0.3, 0.4) is 0 Å². The molecule has 0 aromatic rings. The number of rotatable bonds is 4. The van der Waals surface area contributed by atoms with Gasteiger partial charge < -0.3 is 0 Å². The van der Waals surface area contributed by atoms with Crippen LogP contribution in [0, 0.1) is 0 Å². The second kappa shape index (κ2) is 5.11. The highest BCUT2D eigenvalue weighted by molar-refractivity contribution is 5.53. The monoisotopic (exact) mass is 141 g/mol. The predicted octanol–water partition coefficient (Wildman–Crippen LogP) is 0.665. The number of aliphatic imine (C=N–C) groups is 2. The van der Waals surface area contributed by atoms with Crippen molar-refractivity contribution in [1.82, 2.24) is 4.90 Å². The summed E-state index contributed by atoms with van der Waals surface area (Å²) >= 11 is 0. The topological polar surface area (TPSA) is 28.0 Å². The van der Waals surface area contributed by atoms with Crippen LogP contribution in [0.5, 0.6) is 0 Å². The molecule has 0 amide bonds. The van der Waals surface area contributed by atoms with E-state index in [-0.39, 0.29) is 6.17 Å². The average Bonchev–Trinajstić information content (AvgIpc) is 1.89. The molecule has 0 radical (unpaired) electrons. The predicted molar refractivity (Wildman–Crippen MR) is 46.1 cm³/mol. The Hall–Kier alpha value is -0.700. The lowest BCUT2D eigenvalue weighted by molar-refractivity contribution is 0.311. The van der Waals surface area contributed by atoms with Gasteiger partial charge >= 0.3 is 0 Å². The Morgan fingerprint density at radius 2 is 2.20 bits per heavy atom. The van der Waals surface area contributed by atoms with Gasteiger partial charge in [0, 0.05) is 0 Å². The molecule has 10 heavy (non-hydrogen) atoms. The van der Waals surface area contributed by atoms with E-state index in [2.05, 4.69) is 16.7 Å². The zero-order chi connectivity index (χ0) is 7.98. The fourth-order valence-electron chi connectivity index (χ4n) is 0.584. The Morgan fingerprint density at radius 3 is 2.50 bits per heavy atom. The molecule has 0 saturated heterocycles. The summed E-state index contributed by atoms with van der Waals surface area (Å²) in [5.41, 5.74) is 0. The van der Waals surface area contributed by atoms with E-state index in [0.717, 1.165) is 0 Å². The van der Waals surface area contributed by atoms with Gasteiger partial charge in [0.2, 0.25) is 0 Å². The summed E-state index contributed by atoms with van der Waals surface area (Å²) in [5.74, 6) is 0. The second-order valence-corrected chi connectivity index (χ2v) is 2.25. The van der Waals surface area contributed by atoms with Crippen molar-refractivity contribution in [1.29, 1.82) is 0 Å². The summed E-state index contributed by atoms with van der Waals surface area (Å²) in [6.45, 7) is 6.07. The van der Waals surface area contributed by atoms with Crippen LogP contribution in [-0.2, 0) is 0 Å². The van der Waals surface area contributed by atoms with Gasteiger partial charge in [0.15, 0.2) is 0 Å². The molecule has 0 N–H and O–H groups in total. The van der Waals surface area contributed by atoms with Crippen molar-refractivity contribution in [2.75, 3.05) is 20.6 Å². The quantitative estimate of drug-likeness (QED) is 0.529. The lowest BCUT2D eigenvalue weighted by Gasteiger charge is -2.16. The third-order valence-electron chi connectivity index (χ3n) is 1.26. The maximum Gasteiger partial charge on any atom is 0.120 e. The molecule has 0 aromatic heterocycles. The normalized spacial score (nSPS) is 14.4. The highest BCUT2D eigenvalue weighted by Crippen LogP contribution is 1.93. The Balaban J connectivity index is 3.71. The van der Waals surface area contributed by atoms with Gasteiger partial charge in [-0.2, -0.15) is 0 Å². The third kappa shape index (κ3) is 3.35. The highest BCUT2D eigenvalue weighted by atomic mass is 15.2. The molecular formula is C7H15N3. The first kappa shape index (κ1) is 9.30. The standard InChI is InChI=1S/C7H15N3/c1-5-9-6-7(8-2)10(3)4/h5,7H,2,6H2,1,3-4H3/b9-5-/t7-/m0/s1. The first-order chi connectivity index (χ1) is 4.72. The first-order valence-corrected chi connectivity index (χ1v) is 3.29. The third-order valence-corrected chi connectivity index (χ3v) is 1.26. The van der Waals surface area contributed by atoms with Crippen LogP contribution < -0.4 is 0 Å². The van der Waals surface area contributed by atoms with Gasteiger partial charge in [0.1, 0.15) is 6.17 Å². The average molecular weight is 141 g/mol. The molecule has 3 heteroatoms. The van der Waals surface area contributed by atoms with Gasteiger partial charge in [-0.3, -0.25) is 14.9 Å². The largest absolute Gasteiger partial charge is 0.294 e. The van der Waals surface area contributed by atoms with Crippen molar-refractivity contribution in [3.05, 3.63) is 0 Å². The summed E-state index contributed by atoms with van der Waals surface area (Å²) in [4.78, 5) is 9.94. The highest BCUT2D eigenvalue weighted by Gasteiger charge is 2.04. The van der Waals surface area contributed by atoms with Gasteiger partial charge in [-0.1, -0.05) is 0 Å². The van der Waals surface area contributed by atoms with Crippen LogP contribution in [0.15, 0.2) is 9.98 Å². The minimum absolute atomic E-state index is 0.121. The lowest BCUT2D eigenvalue weighted by Crippen LogP contribution is -2.28. The molecule has 0 saturated carbocycles. The van der Waals surface area contributed by atoms with Gasteiger partial charge in [-0.05, 0) is 34.0 Å². The van der Waals surface area contributed by atoms with Crippen LogP contribution in [-0.4, -0.2) is 44.6 Å². The molecule has 0 unspecified atom stereocenters. The van der Waals surface area contributed by atoms with Crippen molar-refractivity contribution >= 4 is 12.9 Å². The zero-order valence-electron chi connectivity index (χ0n) is 6.91. The van der Waals surface area contributed by atoms with E-state index in [1.54, 1.807) is 6.21 Å². The summed E-state index contributed by atoms with van der Waals surface area (Å²) in [6, 6.07) is 0. The van der Waals surface area contributed by atoms with Gasteiger partial charge in [-0.15, -0.1) is 0 Å². The molecule has 3 nitrogen and oxygen atoms in total. The second-order valence-electron chi connectivity index (χ2n) is 2.25. The summed E-state index contributed by atoms with van der Waals surface area (Å²) in [5, 5.41) is 0. The van der Waals surface area contributed by atoms with Crippen molar-refractivity contribution in [2.45, 2.75) is 13.1 Å². The Labute approximate surface area is 62.5 Å². The lowest BCUT2D eigenvalue weighted by atomic mass is 10.5. The van der Waals surface area contributed by atoms with Crippen LogP contribution in [0.1, 0.15) is 6.92 Å². The van der Waals surface area contributed by atoms with E-state index in [9.17, 15) is 0 Å². The molecular weight excluding hydrogens is 126 g/mol. The molecule has 0 heterocycles. The molecule has 1 atom stereocenters.